The topological polar surface area (TPSA) is 61.8 Å². The van der Waals surface area contributed by atoms with Crippen molar-refractivity contribution in [3.05, 3.63) is 18.2 Å². The fraction of sp³-hybridized carbons (Fsp3) is 0.250. The predicted molar refractivity (Wildman–Crippen MR) is 46.8 cm³/mol. The monoisotopic (exact) mass is 216 g/mol. The minimum absolute atomic E-state index is 0.0595. The van der Waals surface area contributed by atoms with Gasteiger partial charge in [0.15, 0.2) is 11.5 Å². The Morgan fingerprint density at radius 3 is 2.71 bits per heavy atom. The molecule has 1 aliphatic heterocycles. The standard InChI is InChI=1S/C8H8O5S/c1-11-14(9,10)6-2-3-7-8(4-6)13-5-12-7/h2-4H,5H2,1H3. The van der Waals surface area contributed by atoms with Crippen molar-refractivity contribution in [2.75, 3.05) is 13.9 Å². The van der Waals surface area contributed by atoms with Crippen molar-refractivity contribution in [3.8, 4) is 11.5 Å². The SMILES string of the molecule is COS(=O)(=O)c1ccc2c(c1)OCO2. The van der Waals surface area contributed by atoms with Gasteiger partial charge in [0.2, 0.25) is 6.79 Å². The Kier molecular flexibility index (Phi) is 2.09. The molecular weight excluding hydrogens is 208 g/mol. The molecule has 6 heteroatoms. The molecule has 0 aliphatic carbocycles. The molecule has 0 spiro atoms. The zero-order valence-corrected chi connectivity index (χ0v) is 8.21. The first-order valence-electron chi connectivity index (χ1n) is 3.84. The Morgan fingerprint density at radius 1 is 1.29 bits per heavy atom. The fourth-order valence-electron chi connectivity index (χ4n) is 1.13. The van der Waals surface area contributed by atoms with E-state index in [1.54, 1.807) is 0 Å². The molecule has 0 amide bonds. The summed E-state index contributed by atoms with van der Waals surface area (Å²) in [6.45, 7) is 0.117. The lowest BCUT2D eigenvalue weighted by molar-refractivity contribution is 0.174. The Hall–Kier alpha value is -1.27. The number of ether oxygens (including phenoxy) is 2. The summed E-state index contributed by atoms with van der Waals surface area (Å²) in [7, 11) is -2.54. The van der Waals surface area contributed by atoms with Crippen LogP contribution in [0, 0.1) is 0 Å². The van der Waals surface area contributed by atoms with Crippen LogP contribution in [-0.4, -0.2) is 22.3 Å². The van der Waals surface area contributed by atoms with E-state index in [0.717, 1.165) is 7.11 Å². The van der Waals surface area contributed by atoms with Crippen LogP contribution in [0.1, 0.15) is 0 Å². The van der Waals surface area contributed by atoms with Crippen molar-refractivity contribution in [1.82, 2.24) is 0 Å². The number of hydrogen-bond donors (Lipinski definition) is 0. The van der Waals surface area contributed by atoms with Gasteiger partial charge in [-0.3, -0.25) is 4.18 Å². The molecule has 1 heterocycles. The van der Waals surface area contributed by atoms with E-state index in [-0.39, 0.29) is 11.7 Å². The molecule has 1 aromatic rings. The van der Waals surface area contributed by atoms with Crippen LogP contribution in [-0.2, 0) is 14.3 Å². The second kappa shape index (κ2) is 3.14. The summed E-state index contributed by atoms with van der Waals surface area (Å²) < 4.78 is 37.0. The molecule has 0 atom stereocenters. The lowest BCUT2D eigenvalue weighted by Crippen LogP contribution is -2.02. The van der Waals surface area contributed by atoms with E-state index in [1.165, 1.54) is 18.2 Å². The maximum Gasteiger partial charge on any atom is 0.296 e. The van der Waals surface area contributed by atoms with Crippen LogP contribution in [0.25, 0.3) is 0 Å². The molecule has 0 bridgehead atoms. The second-order valence-corrected chi connectivity index (χ2v) is 4.35. The number of rotatable bonds is 2. The molecule has 0 radical (unpaired) electrons. The van der Waals surface area contributed by atoms with Gasteiger partial charge in [-0.15, -0.1) is 0 Å². The van der Waals surface area contributed by atoms with Gasteiger partial charge in [0.1, 0.15) is 0 Å². The molecule has 0 aromatic heterocycles. The van der Waals surface area contributed by atoms with Crippen molar-refractivity contribution in [1.29, 1.82) is 0 Å². The highest BCUT2D eigenvalue weighted by atomic mass is 32.2. The van der Waals surface area contributed by atoms with Gasteiger partial charge >= 0.3 is 0 Å². The molecule has 1 aliphatic rings. The molecule has 0 saturated heterocycles. The molecular formula is C8H8O5S. The second-order valence-electron chi connectivity index (χ2n) is 2.64. The summed E-state index contributed by atoms with van der Waals surface area (Å²) in [4.78, 5) is 0.0595. The molecule has 76 valence electrons. The summed E-state index contributed by atoms with van der Waals surface area (Å²) in [6, 6.07) is 4.32. The first-order valence-corrected chi connectivity index (χ1v) is 5.24. The number of fused-ring (bicyclic) bond motifs is 1. The van der Waals surface area contributed by atoms with Gasteiger partial charge in [-0.25, -0.2) is 0 Å². The summed E-state index contributed by atoms with van der Waals surface area (Å²) in [5.41, 5.74) is 0. The molecule has 1 aromatic carbocycles. The minimum atomic E-state index is -3.66. The highest BCUT2D eigenvalue weighted by Gasteiger charge is 2.19. The third-order valence-corrected chi connectivity index (χ3v) is 3.12. The molecule has 0 N–H and O–H groups in total. The van der Waals surface area contributed by atoms with E-state index in [2.05, 4.69) is 4.18 Å². The van der Waals surface area contributed by atoms with E-state index in [1.807, 2.05) is 0 Å². The van der Waals surface area contributed by atoms with E-state index in [4.69, 9.17) is 9.47 Å². The van der Waals surface area contributed by atoms with Crippen molar-refractivity contribution in [2.45, 2.75) is 4.90 Å². The van der Waals surface area contributed by atoms with Gasteiger partial charge in [-0.05, 0) is 12.1 Å². The number of hydrogen-bond acceptors (Lipinski definition) is 5. The van der Waals surface area contributed by atoms with Gasteiger partial charge in [0, 0.05) is 6.07 Å². The third kappa shape index (κ3) is 1.42. The van der Waals surface area contributed by atoms with Gasteiger partial charge in [0.05, 0.1) is 12.0 Å². The van der Waals surface area contributed by atoms with Crippen molar-refractivity contribution in [2.24, 2.45) is 0 Å². The average molecular weight is 216 g/mol. The van der Waals surface area contributed by atoms with Crippen LogP contribution in [0.2, 0.25) is 0 Å². The van der Waals surface area contributed by atoms with Crippen LogP contribution in [0.3, 0.4) is 0 Å². The highest BCUT2D eigenvalue weighted by molar-refractivity contribution is 7.86. The highest BCUT2D eigenvalue weighted by Crippen LogP contribution is 2.33. The zero-order valence-electron chi connectivity index (χ0n) is 7.39. The third-order valence-electron chi connectivity index (χ3n) is 1.85. The maximum atomic E-state index is 11.3. The molecule has 2 rings (SSSR count). The van der Waals surface area contributed by atoms with Crippen LogP contribution in [0.15, 0.2) is 23.1 Å². The van der Waals surface area contributed by atoms with Crippen LogP contribution in [0.5, 0.6) is 11.5 Å². The van der Waals surface area contributed by atoms with E-state index in [0.29, 0.717) is 11.5 Å². The van der Waals surface area contributed by atoms with Gasteiger partial charge < -0.3 is 9.47 Å². The lowest BCUT2D eigenvalue weighted by atomic mass is 10.3. The normalized spacial score (nSPS) is 14.4. The summed E-state index contributed by atoms with van der Waals surface area (Å²) >= 11 is 0. The summed E-state index contributed by atoms with van der Waals surface area (Å²) in [6.07, 6.45) is 0. The molecule has 14 heavy (non-hydrogen) atoms. The molecule has 5 nitrogen and oxygen atoms in total. The molecule has 0 unspecified atom stereocenters. The van der Waals surface area contributed by atoms with Gasteiger partial charge in [-0.1, -0.05) is 0 Å². The van der Waals surface area contributed by atoms with Gasteiger partial charge in [0.25, 0.3) is 10.1 Å². The maximum absolute atomic E-state index is 11.3. The largest absolute Gasteiger partial charge is 0.454 e. The van der Waals surface area contributed by atoms with E-state index < -0.39 is 10.1 Å². The molecule has 0 saturated carbocycles. The smallest absolute Gasteiger partial charge is 0.296 e. The lowest BCUT2D eigenvalue weighted by Gasteiger charge is -2.01. The first-order chi connectivity index (χ1) is 6.63. The van der Waals surface area contributed by atoms with Crippen LogP contribution >= 0.6 is 0 Å². The fourth-order valence-corrected chi connectivity index (χ4v) is 1.81. The first kappa shape index (κ1) is 9.29. The van der Waals surface area contributed by atoms with Crippen molar-refractivity contribution in [3.63, 3.8) is 0 Å². The number of benzene rings is 1. The van der Waals surface area contributed by atoms with Crippen LogP contribution < -0.4 is 9.47 Å². The summed E-state index contributed by atoms with van der Waals surface area (Å²) in [5.74, 6) is 0.961. The molecule has 0 fully saturated rings. The Balaban J connectivity index is 2.48. The minimum Gasteiger partial charge on any atom is -0.454 e. The van der Waals surface area contributed by atoms with Crippen molar-refractivity contribution < 1.29 is 22.1 Å². The predicted octanol–water partition coefficient (Wildman–Crippen LogP) is 0.750. The van der Waals surface area contributed by atoms with Gasteiger partial charge in [-0.2, -0.15) is 8.42 Å². The van der Waals surface area contributed by atoms with E-state index >= 15 is 0 Å². The Morgan fingerprint density at radius 2 is 2.00 bits per heavy atom. The Bertz CT molecular complexity index is 451. The summed E-state index contributed by atoms with van der Waals surface area (Å²) in [5, 5.41) is 0. The van der Waals surface area contributed by atoms with Crippen LogP contribution in [0.4, 0.5) is 0 Å². The van der Waals surface area contributed by atoms with Crippen molar-refractivity contribution >= 4 is 10.1 Å². The quantitative estimate of drug-likeness (QED) is 0.683. The van der Waals surface area contributed by atoms with E-state index in [9.17, 15) is 8.42 Å². The average Bonchev–Trinajstić information content (AvgIpc) is 2.64. The Labute approximate surface area is 81.3 Å². The zero-order chi connectivity index (χ0) is 10.2.